The highest BCUT2D eigenvalue weighted by Crippen LogP contribution is 2.31. The summed E-state index contributed by atoms with van der Waals surface area (Å²) in [6.45, 7) is 0.929. The van der Waals surface area contributed by atoms with Crippen LogP contribution in [0.5, 0.6) is 0 Å². The van der Waals surface area contributed by atoms with Gasteiger partial charge in [0.1, 0.15) is 34.5 Å². The first kappa shape index (κ1) is 16.9. The van der Waals surface area contributed by atoms with E-state index in [9.17, 15) is 14.3 Å². The number of nitrogens with two attached hydrogens (primary N) is 1. The third-order valence-corrected chi connectivity index (χ3v) is 4.80. The van der Waals surface area contributed by atoms with E-state index in [-0.39, 0.29) is 23.0 Å². The Kier molecular flexibility index (Phi) is 4.23. The number of nitrogen functional groups attached to an aromatic ring is 1. The molecule has 31 heavy (non-hydrogen) atoms. The lowest BCUT2D eigenvalue weighted by Crippen LogP contribution is -2.21. The number of aryl methyl sites for hydroxylation is 3. The van der Waals surface area contributed by atoms with Crippen LogP contribution < -0.4 is 11.1 Å². The fraction of sp³-hybridized carbons (Fsp3) is 0.182. The van der Waals surface area contributed by atoms with E-state index >= 15 is 0 Å². The van der Waals surface area contributed by atoms with Gasteiger partial charge in [0, 0.05) is 22.1 Å². The number of amides is 1. The molecule has 1 unspecified atom stereocenters. The molecule has 9 heteroatoms. The normalized spacial score (nSPS) is 14.0. The molecule has 0 aliphatic heterocycles. The zero-order valence-corrected chi connectivity index (χ0v) is 16.7. The number of pyridine rings is 1. The van der Waals surface area contributed by atoms with Gasteiger partial charge in [0.05, 0.1) is 5.69 Å². The van der Waals surface area contributed by atoms with Gasteiger partial charge in [-0.05, 0) is 50.0 Å². The van der Waals surface area contributed by atoms with Crippen LogP contribution in [0, 0.1) is 26.5 Å². The summed E-state index contributed by atoms with van der Waals surface area (Å²) in [5.41, 5.74) is 8.48. The topological polar surface area (TPSA) is 118 Å². The number of nitrogens with one attached hydrogen (secondary N) is 1. The summed E-state index contributed by atoms with van der Waals surface area (Å²) in [5, 5.41) is 12.7. The Morgan fingerprint density at radius 1 is 1.32 bits per heavy atom. The van der Waals surface area contributed by atoms with Gasteiger partial charge in [-0.1, -0.05) is 12.1 Å². The third-order valence-electron chi connectivity index (χ3n) is 4.80. The molecule has 3 aromatic heterocycles. The number of rotatable bonds is 4. The molecule has 8 nitrogen and oxygen atoms in total. The summed E-state index contributed by atoms with van der Waals surface area (Å²) >= 11 is 0. The number of aliphatic hydroxyl groups excluding tert-OH is 1. The first-order chi connectivity index (χ1) is 16.0. The molecule has 0 saturated heterocycles. The van der Waals surface area contributed by atoms with Gasteiger partial charge in [0.15, 0.2) is 6.10 Å². The van der Waals surface area contributed by atoms with Crippen LogP contribution in [0.25, 0.3) is 16.8 Å². The number of fused-ring (bicyclic) bond motifs is 1. The molecule has 1 atom stereocenters. The monoisotopic (exact) mass is 423 g/mol. The van der Waals surface area contributed by atoms with Gasteiger partial charge in [0.2, 0.25) is 0 Å². The molecule has 0 aliphatic rings. The molecule has 4 rings (SSSR count). The van der Waals surface area contributed by atoms with Crippen LogP contribution in [0.4, 0.5) is 16.0 Å². The molecular formula is C22H21FN6O2. The summed E-state index contributed by atoms with van der Waals surface area (Å²) in [6.07, 6.45) is 1.38. The zero-order valence-electron chi connectivity index (χ0n) is 19.7. The SMILES string of the molecule is [2H]C([2H])([2H])c1nc(-c2cnc(NC(=O)C(O)c3cccc(F)c3)cc2C)c2c(N)nc(C)cn12. The second kappa shape index (κ2) is 7.77. The van der Waals surface area contributed by atoms with Gasteiger partial charge in [-0.15, -0.1) is 0 Å². The predicted octanol–water partition coefficient (Wildman–Crippen LogP) is 3.11. The van der Waals surface area contributed by atoms with Crippen molar-refractivity contribution in [2.45, 2.75) is 26.8 Å². The van der Waals surface area contributed by atoms with E-state index in [1.54, 1.807) is 26.1 Å². The van der Waals surface area contributed by atoms with Crippen molar-refractivity contribution in [2.24, 2.45) is 0 Å². The van der Waals surface area contributed by atoms with Gasteiger partial charge in [-0.2, -0.15) is 0 Å². The molecule has 0 radical (unpaired) electrons. The molecule has 158 valence electrons. The van der Waals surface area contributed by atoms with Crippen LogP contribution in [0.2, 0.25) is 0 Å². The Bertz CT molecular complexity index is 1420. The summed E-state index contributed by atoms with van der Waals surface area (Å²) in [4.78, 5) is 25.2. The third kappa shape index (κ3) is 3.82. The number of aromatic nitrogens is 4. The van der Waals surface area contributed by atoms with Crippen molar-refractivity contribution >= 4 is 23.1 Å². The van der Waals surface area contributed by atoms with Crippen LogP contribution >= 0.6 is 0 Å². The number of benzene rings is 1. The quantitative estimate of drug-likeness (QED) is 0.464. The van der Waals surface area contributed by atoms with E-state index in [4.69, 9.17) is 9.85 Å². The average molecular weight is 423 g/mol. The van der Waals surface area contributed by atoms with Crippen molar-refractivity contribution in [3.05, 3.63) is 71.2 Å². The molecular weight excluding hydrogens is 399 g/mol. The summed E-state index contributed by atoms with van der Waals surface area (Å²) in [5.74, 6) is -1.26. The summed E-state index contributed by atoms with van der Waals surface area (Å²) < 4.78 is 38.3. The molecule has 0 saturated carbocycles. The first-order valence-electron chi connectivity index (χ1n) is 10.8. The fourth-order valence-electron chi connectivity index (χ4n) is 3.34. The number of hydrogen-bond donors (Lipinski definition) is 3. The maximum Gasteiger partial charge on any atom is 0.258 e. The Labute approximate surface area is 181 Å². The fourth-order valence-corrected chi connectivity index (χ4v) is 3.34. The van der Waals surface area contributed by atoms with E-state index < -0.39 is 24.7 Å². The summed E-state index contributed by atoms with van der Waals surface area (Å²) in [7, 11) is 0. The molecule has 4 N–H and O–H groups in total. The number of halogens is 1. The predicted molar refractivity (Wildman–Crippen MR) is 115 cm³/mol. The van der Waals surface area contributed by atoms with Crippen molar-refractivity contribution in [3.63, 3.8) is 0 Å². The minimum absolute atomic E-state index is 0.103. The lowest BCUT2D eigenvalue weighted by molar-refractivity contribution is -0.124. The highest BCUT2D eigenvalue weighted by molar-refractivity contribution is 5.94. The van der Waals surface area contributed by atoms with E-state index in [1.165, 1.54) is 28.8 Å². The Morgan fingerprint density at radius 3 is 2.84 bits per heavy atom. The van der Waals surface area contributed by atoms with Crippen molar-refractivity contribution in [1.82, 2.24) is 19.4 Å². The number of carbonyl (C=O) groups excluding carboxylic acids is 1. The molecule has 4 aromatic rings. The van der Waals surface area contributed by atoms with Crippen LogP contribution in [-0.2, 0) is 4.79 Å². The maximum absolute atomic E-state index is 13.4. The molecule has 0 aliphatic carbocycles. The Morgan fingerprint density at radius 2 is 2.13 bits per heavy atom. The Hall–Kier alpha value is -3.85. The van der Waals surface area contributed by atoms with Gasteiger partial charge >= 0.3 is 0 Å². The van der Waals surface area contributed by atoms with Gasteiger partial charge in [0.25, 0.3) is 5.91 Å². The van der Waals surface area contributed by atoms with Crippen LogP contribution in [0.15, 0.2) is 42.7 Å². The number of imidazole rings is 1. The second-order valence-corrected chi connectivity index (χ2v) is 7.10. The number of aliphatic hydroxyl groups is 1. The molecule has 0 bridgehead atoms. The van der Waals surface area contributed by atoms with Gasteiger partial charge in [-0.25, -0.2) is 19.3 Å². The summed E-state index contributed by atoms with van der Waals surface area (Å²) in [6, 6.07) is 6.64. The van der Waals surface area contributed by atoms with E-state index in [0.717, 1.165) is 6.07 Å². The minimum Gasteiger partial charge on any atom is -0.382 e. The molecule has 3 heterocycles. The minimum atomic E-state index is -2.50. The Balaban J connectivity index is 1.70. The van der Waals surface area contributed by atoms with Crippen molar-refractivity contribution in [3.8, 4) is 11.3 Å². The highest BCUT2D eigenvalue weighted by atomic mass is 19.1. The maximum atomic E-state index is 13.4. The molecule has 0 spiro atoms. The largest absolute Gasteiger partial charge is 0.382 e. The van der Waals surface area contributed by atoms with Crippen molar-refractivity contribution in [1.29, 1.82) is 0 Å². The molecule has 0 fully saturated rings. The lowest BCUT2D eigenvalue weighted by Gasteiger charge is -2.12. The average Bonchev–Trinajstić information content (AvgIpc) is 3.13. The number of hydrogen-bond acceptors (Lipinski definition) is 6. The highest BCUT2D eigenvalue weighted by Gasteiger charge is 2.20. The van der Waals surface area contributed by atoms with Crippen LogP contribution in [0.1, 0.15) is 32.9 Å². The molecule has 1 aromatic carbocycles. The van der Waals surface area contributed by atoms with E-state index in [0.29, 0.717) is 28.0 Å². The number of anilines is 2. The lowest BCUT2D eigenvalue weighted by atomic mass is 10.1. The van der Waals surface area contributed by atoms with Crippen LogP contribution in [0.3, 0.4) is 0 Å². The van der Waals surface area contributed by atoms with Gasteiger partial charge in [-0.3, -0.25) is 9.20 Å². The van der Waals surface area contributed by atoms with Gasteiger partial charge < -0.3 is 16.2 Å². The second-order valence-electron chi connectivity index (χ2n) is 7.10. The standard InChI is InChI=1S/C22H21FN6O2/c1-11-7-17(28-22(31)20(30)14-5-4-6-15(23)8-14)25-9-16(11)18-19-21(24)26-12(2)10-29(19)13(3)27-18/h4-10,20,30H,1-3H3,(H2,24,26)(H,25,28,31)/i3D3. The first-order valence-corrected chi connectivity index (χ1v) is 9.33. The van der Waals surface area contributed by atoms with E-state index in [2.05, 4.69) is 20.3 Å². The number of nitrogens with zero attached hydrogens (tertiary/aromatic N) is 4. The molecule has 1 amide bonds. The van der Waals surface area contributed by atoms with E-state index in [1.807, 2.05) is 0 Å². The zero-order chi connectivity index (χ0) is 24.8. The van der Waals surface area contributed by atoms with Crippen molar-refractivity contribution < 1.29 is 18.4 Å². The smallest absolute Gasteiger partial charge is 0.258 e. The van der Waals surface area contributed by atoms with Crippen LogP contribution in [-0.4, -0.2) is 30.4 Å². The number of carbonyl (C=O) groups is 1. The van der Waals surface area contributed by atoms with Crippen molar-refractivity contribution in [2.75, 3.05) is 11.1 Å².